The molecule has 0 aliphatic carbocycles. The summed E-state index contributed by atoms with van der Waals surface area (Å²) in [7, 11) is 0. The summed E-state index contributed by atoms with van der Waals surface area (Å²) >= 11 is 0. The lowest BCUT2D eigenvalue weighted by atomic mass is 10.1. The van der Waals surface area contributed by atoms with Crippen molar-refractivity contribution < 1.29 is 9.90 Å². The number of amides is 1. The van der Waals surface area contributed by atoms with Crippen LogP contribution in [0.15, 0.2) is 41.3 Å². The number of nitrogens with zero attached hydrogens (tertiary/aromatic N) is 1. The van der Waals surface area contributed by atoms with Crippen LogP contribution in [0.1, 0.15) is 41.8 Å². The molecule has 0 spiro atoms. The van der Waals surface area contributed by atoms with Crippen molar-refractivity contribution in [2.75, 3.05) is 11.9 Å². The molecule has 0 saturated carbocycles. The molecule has 2 rings (SSSR count). The van der Waals surface area contributed by atoms with Crippen LogP contribution in [0.3, 0.4) is 0 Å². The number of rotatable bonds is 7. The minimum atomic E-state index is -0.392. The minimum Gasteiger partial charge on any atom is -0.396 e. The summed E-state index contributed by atoms with van der Waals surface area (Å²) in [4.78, 5) is 25.2. The first-order chi connectivity index (χ1) is 11.9. The number of pyridine rings is 1. The van der Waals surface area contributed by atoms with E-state index in [0.29, 0.717) is 30.1 Å². The van der Waals surface area contributed by atoms with Gasteiger partial charge in [-0.05, 0) is 55.0 Å². The first-order valence-electron chi connectivity index (χ1n) is 8.63. The SMILES string of the molecule is Cc1ccn(CCC(C)C)c(=O)c1C(=O)Nc1ccc(CCO)cc1. The van der Waals surface area contributed by atoms with Crippen molar-refractivity contribution in [2.24, 2.45) is 5.92 Å². The van der Waals surface area contributed by atoms with E-state index in [1.165, 1.54) is 0 Å². The van der Waals surface area contributed by atoms with Crippen molar-refractivity contribution in [1.82, 2.24) is 4.57 Å². The molecule has 1 aromatic heterocycles. The molecule has 5 heteroatoms. The van der Waals surface area contributed by atoms with Gasteiger partial charge in [0.05, 0.1) is 0 Å². The maximum Gasteiger partial charge on any atom is 0.263 e. The second-order valence-electron chi connectivity index (χ2n) is 6.68. The number of benzene rings is 1. The Hall–Kier alpha value is -2.40. The Labute approximate surface area is 148 Å². The number of hydrogen-bond donors (Lipinski definition) is 2. The molecule has 2 aromatic rings. The van der Waals surface area contributed by atoms with Gasteiger partial charge >= 0.3 is 0 Å². The van der Waals surface area contributed by atoms with E-state index in [2.05, 4.69) is 19.2 Å². The maximum absolute atomic E-state index is 12.6. The molecule has 2 N–H and O–H groups in total. The molecule has 0 atom stereocenters. The van der Waals surface area contributed by atoms with Crippen LogP contribution >= 0.6 is 0 Å². The van der Waals surface area contributed by atoms with Gasteiger partial charge in [-0.3, -0.25) is 9.59 Å². The average molecular weight is 342 g/mol. The third-order valence-corrected chi connectivity index (χ3v) is 4.16. The third kappa shape index (κ3) is 5.03. The molecule has 1 aromatic carbocycles. The zero-order valence-electron chi connectivity index (χ0n) is 15.1. The number of carbonyl (C=O) groups excluding carboxylic acids is 1. The molecule has 0 unspecified atom stereocenters. The van der Waals surface area contributed by atoms with Crippen molar-refractivity contribution >= 4 is 11.6 Å². The maximum atomic E-state index is 12.6. The van der Waals surface area contributed by atoms with Crippen LogP contribution in [0.5, 0.6) is 0 Å². The first-order valence-corrected chi connectivity index (χ1v) is 8.63. The van der Waals surface area contributed by atoms with E-state index < -0.39 is 5.91 Å². The minimum absolute atomic E-state index is 0.0881. The summed E-state index contributed by atoms with van der Waals surface area (Å²) in [6.07, 6.45) is 3.21. The van der Waals surface area contributed by atoms with Gasteiger partial charge in [-0.1, -0.05) is 26.0 Å². The van der Waals surface area contributed by atoms with Gasteiger partial charge in [-0.2, -0.15) is 0 Å². The molecule has 1 heterocycles. The van der Waals surface area contributed by atoms with Crippen LogP contribution in [-0.2, 0) is 13.0 Å². The summed E-state index contributed by atoms with van der Waals surface area (Å²) in [6, 6.07) is 9.06. The molecule has 5 nitrogen and oxygen atoms in total. The molecule has 0 aliphatic rings. The fraction of sp³-hybridized carbons (Fsp3) is 0.400. The van der Waals surface area contributed by atoms with Crippen LogP contribution in [0.2, 0.25) is 0 Å². The standard InChI is InChI=1S/C20H26N2O3/c1-14(2)8-11-22-12-9-15(3)18(20(22)25)19(24)21-17-6-4-16(5-7-17)10-13-23/h4-7,9,12,14,23H,8,10-11,13H2,1-3H3,(H,21,24). The third-order valence-electron chi connectivity index (χ3n) is 4.16. The summed E-state index contributed by atoms with van der Waals surface area (Å²) < 4.78 is 1.60. The summed E-state index contributed by atoms with van der Waals surface area (Å²) in [5, 5.41) is 11.7. The molecular formula is C20H26N2O3. The lowest BCUT2D eigenvalue weighted by molar-refractivity contribution is 0.102. The molecule has 0 saturated heterocycles. The van der Waals surface area contributed by atoms with Crippen LogP contribution in [0, 0.1) is 12.8 Å². The molecular weight excluding hydrogens is 316 g/mol. The first kappa shape index (κ1) is 18.9. The summed E-state index contributed by atoms with van der Waals surface area (Å²) in [5.41, 5.74) is 2.22. The van der Waals surface area contributed by atoms with Crippen LogP contribution in [0.4, 0.5) is 5.69 Å². The van der Waals surface area contributed by atoms with E-state index in [-0.39, 0.29) is 17.7 Å². The van der Waals surface area contributed by atoms with Gasteiger partial charge in [-0.25, -0.2) is 0 Å². The topological polar surface area (TPSA) is 71.3 Å². The highest BCUT2D eigenvalue weighted by molar-refractivity contribution is 6.05. The Balaban J connectivity index is 2.20. The number of anilines is 1. The van der Waals surface area contributed by atoms with Crippen molar-refractivity contribution in [3.63, 3.8) is 0 Å². The largest absolute Gasteiger partial charge is 0.396 e. The molecule has 0 aliphatic heterocycles. The lowest BCUT2D eigenvalue weighted by Gasteiger charge is -2.12. The van der Waals surface area contributed by atoms with Crippen molar-refractivity contribution in [2.45, 2.75) is 40.2 Å². The number of aromatic nitrogens is 1. The van der Waals surface area contributed by atoms with Crippen LogP contribution < -0.4 is 10.9 Å². The van der Waals surface area contributed by atoms with Gasteiger partial charge in [0.25, 0.3) is 11.5 Å². The van der Waals surface area contributed by atoms with Gasteiger partial charge in [-0.15, -0.1) is 0 Å². The predicted molar refractivity (Wildman–Crippen MR) is 100 cm³/mol. The fourth-order valence-electron chi connectivity index (χ4n) is 2.59. The normalized spacial score (nSPS) is 10.9. The zero-order chi connectivity index (χ0) is 18.4. The quantitative estimate of drug-likeness (QED) is 0.812. The number of aliphatic hydroxyl groups excluding tert-OH is 1. The Morgan fingerprint density at radius 3 is 2.48 bits per heavy atom. The number of carbonyl (C=O) groups is 1. The smallest absolute Gasteiger partial charge is 0.263 e. The molecule has 0 radical (unpaired) electrons. The molecule has 25 heavy (non-hydrogen) atoms. The zero-order valence-corrected chi connectivity index (χ0v) is 15.1. The Kier molecular flexibility index (Phi) is 6.53. The number of nitrogens with one attached hydrogen (secondary N) is 1. The number of hydrogen-bond acceptors (Lipinski definition) is 3. The van der Waals surface area contributed by atoms with Crippen molar-refractivity contribution in [3.05, 3.63) is 63.6 Å². The lowest BCUT2D eigenvalue weighted by Crippen LogP contribution is -2.30. The monoisotopic (exact) mass is 342 g/mol. The van der Waals surface area contributed by atoms with Crippen LogP contribution in [-0.4, -0.2) is 22.2 Å². The molecule has 134 valence electrons. The van der Waals surface area contributed by atoms with E-state index in [1.54, 1.807) is 35.9 Å². The highest BCUT2D eigenvalue weighted by atomic mass is 16.3. The van der Waals surface area contributed by atoms with Gasteiger partial charge in [0, 0.05) is 25.0 Å². The van der Waals surface area contributed by atoms with Crippen molar-refractivity contribution in [3.8, 4) is 0 Å². The van der Waals surface area contributed by atoms with Gasteiger partial charge in [0.2, 0.25) is 0 Å². The molecule has 1 amide bonds. The Morgan fingerprint density at radius 2 is 1.88 bits per heavy atom. The van der Waals surface area contributed by atoms with E-state index in [4.69, 9.17) is 5.11 Å². The van der Waals surface area contributed by atoms with E-state index in [0.717, 1.165) is 12.0 Å². The van der Waals surface area contributed by atoms with E-state index in [1.807, 2.05) is 12.1 Å². The summed E-state index contributed by atoms with van der Waals surface area (Å²) in [5.74, 6) is 0.0965. The van der Waals surface area contributed by atoms with Gasteiger partial charge in [0.1, 0.15) is 5.56 Å². The number of aryl methyl sites for hydroxylation is 2. The second kappa shape index (κ2) is 8.62. The fourth-order valence-corrected chi connectivity index (χ4v) is 2.59. The summed E-state index contributed by atoms with van der Waals surface area (Å²) in [6.45, 7) is 6.67. The average Bonchev–Trinajstić information content (AvgIpc) is 2.56. The van der Waals surface area contributed by atoms with Crippen LogP contribution in [0.25, 0.3) is 0 Å². The number of aliphatic hydroxyl groups is 1. The molecule has 0 fully saturated rings. The molecule has 0 bridgehead atoms. The van der Waals surface area contributed by atoms with Gasteiger partial charge in [0.15, 0.2) is 0 Å². The van der Waals surface area contributed by atoms with E-state index in [9.17, 15) is 9.59 Å². The van der Waals surface area contributed by atoms with Crippen molar-refractivity contribution in [1.29, 1.82) is 0 Å². The van der Waals surface area contributed by atoms with Gasteiger partial charge < -0.3 is 15.0 Å². The predicted octanol–water partition coefficient (Wildman–Crippen LogP) is 2.99. The highest BCUT2D eigenvalue weighted by Gasteiger charge is 2.16. The second-order valence-corrected chi connectivity index (χ2v) is 6.68. The highest BCUT2D eigenvalue weighted by Crippen LogP contribution is 2.12. The Bertz CT molecular complexity index is 777. The van der Waals surface area contributed by atoms with E-state index >= 15 is 0 Å². The Morgan fingerprint density at radius 1 is 1.20 bits per heavy atom.